The molecule has 1 aromatic heterocycles. The van der Waals surface area contributed by atoms with Crippen molar-refractivity contribution in [2.24, 2.45) is 0 Å². The average Bonchev–Trinajstić information content (AvgIpc) is 3.11. The number of aliphatic hydroxyl groups is 1. The van der Waals surface area contributed by atoms with Gasteiger partial charge in [0.25, 0.3) is 5.91 Å². The highest BCUT2D eigenvalue weighted by Crippen LogP contribution is 2.23. The molecule has 0 aliphatic heterocycles. The molecule has 5 heteroatoms. The summed E-state index contributed by atoms with van der Waals surface area (Å²) in [7, 11) is 0. The molecule has 1 atom stereocenters. The number of rotatable bonds is 5. The summed E-state index contributed by atoms with van der Waals surface area (Å²) in [5.74, 6) is 0.593. The van der Waals surface area contributed by atoms with E-state index < -0.39 is 6.10 Å². The zero-order valence-corrected chi connectivity index (χ0v) is 9.81. The van der Waals surface area contributed by atoms with Crippen molar-refractivity contribution in [2.75, 3.05) is 11.9 Å². The Labute approximate surface area is 100 Å². The van der Waals surface area contributed by atoms with Gasteiger partial charge in [-0.05, 0) is 31.9 Å². The van der Waals surface area contributed by atoms with E-state index >= 15 is 0 Å². The number of amides is 1. The van der Waals surface area contributed by atoms with Crippen LogP contribution in [0.3, 0.4) is 0 Å². The lowest BCUT2D eigenvalue weighted by Crippen LogP contribution is -2.30. The minimum atomic E-state index is -0.539. The van der Waals surface area contributed by atoms with E-state index in [0.29, 0.717) is 11.6 Å². The molecule has 1 aliphatic rings. The summed E-state index contributed by atoms with van der Waals surface area (Å²) < 4.78 is 0. The number of aromatic nitrogens is 1. The van der Waals surface area contributed by atoms with Crippen molar-refractivity contribution in [1.29, 1.82) is 0 Å². The Morgan fingerprint density at radius 2 is 2.35 bits per heavy atom. The van der Waals surface area contributed by atoms with E-state index in [1.807, 2.05) is 0 Å². The highest BCUT2D eigenvalue weighted by Gasteiger charge is 2.21. The smallest absolute Gasteiger partial charge is 0.252 e. The maximum atomic E-state index is 11.6. The summed E-state index contributed by atoms with van der Waals surface area (Å²) in [4.78, 5) is 15.8. The lowest BCUT2D eigenvalue weighted by molar-refractivity contribution is 0.0923. The number of nitrogens with one attached hydrogen (secondary N) is 2. The number of hydrogen-bond donors (Lipinski definition) is 3. The molecule has 0 bridgehead atoms. The third-order valence-corrected chi connectivity index (χ3v) is 2.51. The first-order valence-electron chi connectivity index (χ1n) is 5.84. The second-order valence-electron chi connectivity index (χ2n) is 4.41. The van der Waals surface area contributed by atoms with Crippen LogP contribution >= 0.6 is 0 Å². The third-order valence-electron chi connectivity index (χ3n) is 2.51. The largest absolute Gasteiger partial charge is 0.392 e. The molecule has 1 saturated carbocycles. The van der Waals surface area contributed by atoms with Crippen molar-refractivity contribution in [3.05, 3.63) is 23.9 Å². The van der Waals surface area contributed by atoms with Crippen LogP contribution in [-0.2, 0) is 0 Å². The van der Waals surface area contributed by atoms with Crippen LogP contribution in [0.15, 0.2) is 18.3 Å². The molecule has 0 spiro atoms. The minimum Gasteiger partial charge on any atom is -0.392 e. The molecule has 0 saturated heterocycles. The Kier molecular flexibility index (Phi) is 3.58. The van der Waals surface area contributed by atoms with Crippen molar-refractivity contribution in [3.8, 4) is 0 Å². The quantitative estimate of drug-likeness (QED) is 0.704. The van der Waals surface area contributed by atoms with Crippen molar-refractivity contribution < 1.29 is 9.90 Å². The van der Waals surface area contributed by atoms with Crippen LogP contribution in [0.25, 0.3) is 0 Å². The van der Waals surface area contributed by atoms with Gasteiger partial charge in [0, 0.05) is 18.8 Å². The summed E-state index contributed by atoms with van der Waals surface area (Å²) in [5.41, 5.74) is 0.506. The lowest BCUT2D eigenvalue weighted by atomic mass is 10.2. The number of nitrogens with zero attached hydrogens (tertiary/aromatic N) is 1. The van der Waals surface area contributed by atoms with E-state index in [-0.39, 0.29) is 12.5 Å². The van der Waals surface area contributed by atoms with Crippen molar-refractivity contribution in [2.45, 2.75) is 31.9 Å². The molecule has 1 fully saturated rings. The Hall–Kier alpha value is -1.62. The molecule has 1 aliphatic carbocycles. The van der Waals surface area contributed by atoms with Gasteiger partial charge >= 0.3 is 0 Å². The maximum Gasteiger partial charge on any atom is 0.252 e. The molecule has 1 heterocycles. The van der Waals surface area contributed by atoms with Gasteiger partial charge in [0.15, 0.2) is 0 Å². The van der Waals surface area contributed by atoms with Gasteiger partial charge in [0.1, 0.15) is 5.82 Å². The first-order valence-corrected chi connectivity index (χ1v) is 5.84. The van der Waals surface area contributed by atoms with Gasteiger partial charge in [-0.2, -0.15) is 0 Å². The minimum absolute atomic E-state index is 0.212. The van der Waals surface area contributed by atoms with Crippen molar-refractivity contribution >= 4 is 11.7 Å². The summed E-state index contributed by atoms with van der Waals surface area (Å²) in [5, 5.41) is 14.9. The van der Waals surface area contributed by atoms with E-state index in [0.717, 1.165) is 5.82 Å². The highest BCUT2D eigenvalue weighted by atomic mass is 16.3. The number of hydrogen-bond acceptors (Lipinski definition) is 4. The Bertz CT molecular complexity index is 385. The molecule has 5 nitrogen and oxygen atoms in total. The van der Waals surface area contributed by atoms with E-state index in [9.17, 15) is 4.79 Å². The summed E-state index contributed by atoms with van der Waals surface area (Å²) in [6.45, 7) is 1.88. The third kappa shape index (κ3) is 3.71. The first-order chi connectivity index (χ1) is 8.15. The second-order valence-corrected chi connectivity index (χ2v) is 4.41. The normalized spacial score (nSPS) is 16.4. The molecule has 0 aromatic carbocycles. The fourth-order valence-corrected chi connectivity index (χ4v) is 1.39. The van der Waals surface area contributed by atoms with Gasteiger partial charge in [-0.15, -0.1) is 0 Å². The number of aliphatic hydroxyl groups excluding tert-OH is 1. The Morgan fingerprint density at radius 3 is 2.88 bits per heavy atom. The second kappa shape index (κ2) is 5.14. The van der Waals surface area contributed by atoms with Gasteiger partial charge in [-0.1, -0.05) is 0 Å². The molecular formula is C12H17N3O2. The topological polar surface area (TPSA) is 74.2 Å². The molecular weight excluding hydrogens is 218 g/mol. The first kappa shape index (κ1) is 11.9. The molecule has 0 radical (unpaired) electrons. The van der Waals surface area contributed by atoms with Gasteiger partial charge in [-0.25, -0.2) is 4.98 Å². The van der Waals surface area contributed by atoms with Crippen molar-refractivity contribution in [1.82, 2.24) is 10.3 Å². The monoisotopic (exact) mass is 235 g/mol. The lowest BCUT2D eigenvalue weighted by Gasteiger charge is -2.07. The van der Waals surface area contributed by atoms with Gasteiger partial charge in [-0.3, -0.25) is 4.79 Å². The zero-order chi connectivity index (χ0) is 12.3. The summed E-state index contributed by atoms with van der Waals surface area (Å²) in [6, 6.07) is 4.09. The van der Waals surface area contributed by atoms with Crippen LogP contribution < -0.4 is 10.6 Å². The average molecular weight is 235 g/mol. The van der Waals surface area contributed by atoms with Crippen LogP contribution in [0.5, 0.6) is 0 Å². The van der Waals surface area contributed by atoms with Crippen LogP contribution in [0.4, 0.5) is 5.82 Å². The number of carbonyl (C=O) groups is 1. The highest BCUT2D eigenvalue weighted by molar-refractivity contribution is 5.94. The van der Waals surface area contributed by atoms with Crippen molar-refractivity contribution in [3.63, 3.8) is 0 Å². The fourth-order valence-electron chi connectivity index (χ4n) is 1.39. The van der Waals surface area contributed by atoms with Gasteiger partial charge in [0.05, 0.1) is 11.7 Å². The maximum absolute atomic E-state index is 11.6. The summed E-state index contributed by atoms with van der Waals surface area (Å²) >= 11 is 0. The molecule has 92 valence electrons. The molecule has 3 N–H and O–H groups in total. The van der Waals surface area contributed by atoms with Crippen LogP contribution in [0.2, 0.25) is 0 Å². The fraction of sp³-hybridized carbons (Fsp3) is 0.500. The van der Waals surface area contributed by atoms with E-state index in [1.54, 1.807) is 25.3 Å². The molecule has 1 unspecified atom stereocenters. The molecule has 1 aromatic rings. The van der Waals surface area contributed by atoms with E-state index in [1.165, 1.54) is 12.8 Å². The SMILES string of the molecule is CC(O)CNC(=O)c1ccc(NC2CC2)nc1. The Morgan fingerprint density at radius 1 is 1.59 bits per heavy atom. The molecule has 2 rings (SSSR count). The van der Waals surface area contributed by atoms with Gasteiger partial charge < -0.3 is 15.7 Å². The van der Waals surface area contributed by atoms with Crippen LogP contribution in [0.1, 0.15) is 30.1 Å². The number of pyridine rings is 1. The van der Waals surface area contributed by atoms with E-state index in [2.05, 4.69) is 15.6 Å². The number of carbonyl (C=O) groups excluding carboxylic acids is 1. The van der Waals surface area contributed by atoms with Crippen LogP contribution in [-0.4, -0.2) is 34.7 Å². The van der Waals surface area contributed by atoms with E-state index in [4.69, 9.17) is 5.11 Å². The standard InChI is InChI=1S/C12H17N3O2/c1-8(16)6-14-12(17)9-2-5-11(13-7-9)15-10-3-4-10/h2,5,7-8,10,16H,3-4,6H2,1H3,(H,13,15)(H,14,17). The Balaban J connectivity index is 1.89. The van der Waals surface area contributed by atoms with Gasteiger partial charge in [0.2, 0.25) is 0 Å². The number of anilines is 1. The summed E-state index contributed by atoms with van der Waals surface area (Å²) in [6.07, 6.45) is 3.39. The van der Waals surface area contributed by atoms with Crippen LogP contribution in [0, 0.1) is 0 Å². The molecule has 1 amide bonds. The predicted molar refractivity (Wildman–Crippen MR) is 64.9 cm³/mol. The zero-order valence-electron chi connectivity index (χ0n) is 9.81. The molecule has 17 heavy (non-hydrogen) atoms. The predicted octanol–water partition coefficient (Wildman–Crippen LogP) is 0.766.